The van der Waals surface area contributed by atoms with Gasteiger partial charge in [-0.05, 0) is 53.4 Å². The molecule has 3 aromatic rings. The number of carbonyl (C=O) groups is 2. The monoisotopic (exact) mass is 491 g/mol. The molecule has 1 unspecified atom stereocenters. The van der Waals surface area contributed by atoms with Crippen molar-refractivity contribution in [1.82, 2.24) is 5.32 Å². The van der Waals surface area contributed by atoms with Crippen LogP contribution in [0.4, 0.5) is 11.4 Å². The second kappa shape index (κ2) is 9.41. The summed E-state index contributed by atoms with van der Waals surface area (Å²) in [4.78, 5) is 25.2. The topological polar surface area (TPSA) is 116 Å². The molecule has 32 heavy (non-hydrogen) atoms. The summed E-state index contributed by atoms with van der Waals surface area (Å²) < 4.78 is 27.7. The highest BCUT2D eigenvalue weighted by atomic mass is 32.2. The molecule has 3 N–H and O–H groups in total. The van der Waals surface area contributed by atoms with Crippen LogP contribution < -0.4 is 14.9 Å². The van der Waals surface area contributed by atoms with E-state index in [0.717, 1.165) is 23.3 Å². The average molecular weight is 492 g/mol. The fourth-order valence-electron chi connectivity index (χ4n) is 3.43. The van der Waals surface area contributed by atoms with E-state index in [1.807, 2.05) is 5.38 Å². The van der Waals surface area contributed by atoms with Gasteiger partial charge in [0.2, 0.25) is 0 Å². The number of thiophene rings is 2. The Bertz CT molecular complexity index is 1210. The van der Waals surface area contributed by atoms with Crippen LogP contribution in [0.25, 0.3) is 0 Å². The molecule has 0 saturated heterocycles. The van der Waals surface area contributed by atoms with Crippen molar-refractivity contribution < 1.29 is 23.1 Å². The molecule has 0 bridgehead atoms. The van der Waals surface area contributed by atoms with E-state index in [4.69, 9.17) is 0 Å². The Labute approximate surface area is 193 Å². The number of carbonyl (C=O) groups excluding carboxylic acids is 2. The maximum atomic E-state index is 13.1. The van der Waals surface area contributed by atoms with Crippen LogP contribution in [0.3, 0.4) is 0 Å². The average Bonchev–Trinajstić information content (AvgIpc) is 3.51. The van der Waals surface area contributed by atoms with Gasteiger partial charge in [-0.1, -0.05) is 18.2 Å². The molecule has 0 spiro atoms. The van der Waals surface area contributed by atoms with Crippen molar-refractivity contribution >= 4 is 55.9 Å². The van der Waals surface area contributed by atoms with E-state index in [0.29, 0.717) is 29.2 Å². The van der Waals surface area contributed by atoms with E-state index < -0.39 is 27.9 Å². The van der Waals surface area contributed by atoms with E-state index in [1.54, 1.807) is 47.8 Å². The van der Waals surface area contributed by atoms with Gasteiger partial charge in [-0.2, -0.15) is 0 Å². The molecule has 1 atom stereocenters. The van der Waals surface area contributed by atoms with Gasteiger partial charge in [0, 0.05) is 23.7 Å². The minimum atomic E-state index is -3.70. The quantitative estimate of drug-likeness (QED) is 0.459. The lowest BCUT2D eigenvalue weighted by atomic mass is 10.0. The standard InChI is InChI=1S/C21H21N3O5S3/c25-17(18-5-2-10-30-18)13-22-20(26)21(27)23-15-8-7-14-4-1-9-24(16(14)12-15)32(28,29)19-6-3-11-31-19/h2-3,5-8,10-12,17,25H,1,4,9,13H2,(H,22,26)(H,23,27). The van der Waals surface area contributed by atoms with Crippen molar-refractivity contribution in [1.29, 1.82) is 0 Å². The molecular weight excluding hydrogens is 470 g/mol. The Balaban J connectivity index is 1.46. The van der Waals surface area contributed by atoms with Gasteiger partial charge < -0.3 is 15.7 Å². The van der Waals surface area contributed by atoms with E-state index in [-0.39, 0.29) is 10.8 Å². The lowest BCUT2D eigenvalue weighted by molar-refractivity contribution is -0.136. The molecule has 2 aromatic heterocycles. The van der Waals surface area contributed by atoms with Gasteiger partial charge >= 0.3 is 11.8 Å². The second-order valence-corrected chi connectivity index (χ2v) is 11.2. The number of aliphatic hydroxyl groups excluding tert-OH is 1. The van der Waals surface area contributed by atoms with Gasteiger partial charge in [-0.15, -0.1) is 22.7 Å². The molecule has 168 valence electrons. The van der Waals surface area contributed by atoms with Gasteiger partial charge in [0.15, 0.2) is 0 Å². The number of amides is 2. The van der Waals surface area contributed by atoms with Crippen molar-refractivity contribution in [3.8, 4) is 0 Å². The number of nitrogens with one attached hydrogen (secondary N) is 2. The molecule has 1 aromatic carbocycles. The van der Waals surface area contributed by atoms with Gasteiger partial charge in [-0.25, -0.2) is 8.42 Å². The normalized spacial score (nSPS) is 14.5. The highest BCUT2D eigenvalue weighted by molar-refractivity contribution is 7.94. The molecule has 0 aliphatic carbocycles. The fourth-order valence-corrected chi connectivity index (χ4v) is 6.78. The van der Waals surface area contributed by atoms with Gasteiger partial charge in [-0.3, -0.25) is 13.9 Å². The Morgan fingerprint density at radius 2 is 1.88 bits per heavy atom. The first kappa shape index (κ1) is 22.5. The molecule has 8 nitrogen and oxygen atoms in total. The number of nitrogens with zero attached hydrogens (tertiary/aromatic N) is 1. The van der Waals surface area contributed by atoms with Gasteiger partial charge in [0.1, 0.15) is 10.3 Å². The molecule has 2 amide bonds. The van der Waals surface area contributed by atoms with Crippen molar-refractivity contribution in [3.05, 3.63) is 63.7 Å². The zero-order valence-electron chi connectivity index (χ0n) is 16.9. The van der Waals surface area contributed by atoms with Crippen LogP contribution in [0.1, 0.15) is 23.0 Å². The minimum absolute atomic E-state index is 0.0935. The summed E-state index contributed by atoms with van der Waals surface area (Å²) in [6.45, 7) is 0.246. The van der Waals surface area contributed by atoms with Crippen LogP contribution in [0.15, 0.2) is 57.4 Å². The molecule has 1 aliphatic rings. The molecule has 0 saturated carbocycles. The summed E-state index contributed by atoms with van der Waals surface area (Å²) in [5.74, 6) is -1.78. The third-order valence-electron chi connectivity index (χ3n) is 4.99. The zero-order chi connectivity index (χ0) is 22.7. The number of hydrogen-bond acceptors (Lipinski definition) is 7. The molecule has 11 heteroatoms. The number of hydrogen-bond donors (Lipinski definition) is 3. The summed E-state index contributed by atoms with van der Waals surface area (Å²) in [5.41, 5.74) is 1.67. The minimum Gasteiger partial charge on any atom is -0.386 e. The molecule has 0 radical (unpaired) electrons. The third-order valence-corrected chi connectivity index (χ3v) is 9.15. The molecule has 0 fully saturated rings. The summed E-state index contributed by atoms with van der Waals surface area (Å²) >= 11 is 2.50. The number of fused-ring (bicyclic) bond motifs is 1. The van der Waals surface area contributed by atoms with E-state index in [2.05, 4.69) is 10.6 Å². The van der Waals surface area contributed by atoms with Crippen molar-refractivity contribution in [2.45, 2.75) is 23.2 Å². The summed E-state index contributed by atoms with van der Waals surface area (Å²) in [7, 11) is -3.70. The third kappa shape index (κ3) is 4.70. The van der Waals surface area contributed by atoms with Crippen LogP contribution in [0.2, 0.25) is 0 Å². The first-order chi connectivity index (χ1) is 15.4. The van der Waals surface area contributed by atoms with E-state index in [9.17, 15) is 23.1 Å². The van der Waals surface area contributed by atoms with Gasteiger partial charge in [0.25, 0.3) is 10.0 Å². The van der Waals surface area contributed by atoms with Crippen LogP contribution in [0.5, 0.6) is 0 Å². The molecule has 3 heterocycles. The summed E-state index contributed by atoms with van der Waals surface area (Å²) in [5, 5.41) is 18.5. The number of benzene rings is 1. The Morgan fingerprint density at radius 1 is 1.09 bits per heavy atom. The van der Waals surface area contributed by atoms with Crippen molar-refractivity contribution in [3.63, 3.8) is 0 Å². The molecular formula is C21H21N3O5S3. The number of anilines is 2. The maximum Gasteiger partial charge on any atom is 0.313 e. The number of rotatable bonds is 6. The van der Waals surface area contributed by atoms with Crippen LogP contribution in [-0.2, 0) is 26.0 Å². The smallest absolute Gasteiger partial charge is 0.313 e. The molecule has 1 aliphatic heterocycles. The first-order valence-corrected chi connectivity index (χ1v) is 13.1. The largest absolute Gasteiger partial charge is 0.386 e. The Hall–Kier alpha value is -2.73. The van der Waals surface area contributed by atoms with E-state index >= 15 is 0 Å². The van der Waals surface area contributed by atoms with Crippen LogP contribution in [0, 0.1) is 0 Å². The van der Waals surface area contributed by atoms with Crippen molar-refractivity contribution in [2.75, 3.05) is 22.7 Å². The predicted molar refractivity (Wildman–Crippen MR) is 125 cm³/mol. The SMILES string of the molecule is O=C(NCC(O)c1cccs1)C(=O)Nc1ccc2c(c1)N(S(=O)(=O)c1cccs1)CCC2. The van der Waals surface area contributed by atoms with Gasteiger partial charge in [0.05, 0.1) is 5.69 Å². The highest BCUT2D eigenvalue weighted by Crippen LogP contribution is 2.35. The number of aliphatic hydroxyl groups is 1. The molecule has 4 rings (SSSR count). The summed E-state index contributed by atoms with van der Waals surface area (Å²) in [6.07, 6.45) is 0.519. The first-order valence-electron chi connectivity index (χ1n) is 9.86. The van der Waals surface area contributed by atoms with Crippen LogP contribution >= 0.6 is 22.7 Å². The maximum absolute atomic E-state index is 13.1. The highest BCUT2D eigenvalue weighted by Gasteiger charge is 2.30. The zero-order valence-corrected chi connectivity index (χ0v) is 19.3. The Morgan fingerprint density at radius 3 is 2.59 bits per heavy atom. The number of sulfonamides is 1. The van der Waals surface area contributed by atoms with Crippen LogP contribution in [-0.4, -0.2) is 38.4 Å². The fraction of sp³-hybridized carbons (Fsp3) is 0.238. The van der Waals surface area contributed by atoms with E-state index in [1.165, 1.54) is 15.6 Å². The Kier molecular flexibility index (Phi) is 6.60. The second-order valence-electron chi connectivity index (χ2n) is 7.15. The lowest BCUT2D eigenvalue weighted by Crippen LogP contribution is -2.38. The van der Waals surface area contributed by atoms with Crippen molar-refractivity contribution in [2.24, 2.45) is 0 Å². The lowest BCUT2D eigenvalue weighted by Gasteiger charge is -2.30. The number of aryl methyl sites for hydroxylation is 1. The summed E-state index contributed by atoms with van der Waals surface area (Å²) in [6, 6.07) is 11.8. The predicted octanol–water partition coefficient (Wildman–Crippen LogP) is 2.74.